The average Bonchev–Trinajstić information content (AvgIpc) is 2.77. The smallest absolute Gasteiger partial charge is 0.225 e. The quantitative estimate of drug-likeness (QED) is 0.336. The van der Waals surface area contributed by atoms with Gasteiger partial charge in [0.15, 0.2) is 5.96 Å². The lowest BCUT2D eigenvalue weighted by molar-refractivity contribution is 0.370. The topological polar surface area (TPSA) is 56.7 Å². The highest BCUT2D eigenvalue weighted by Crippen LogP contribution is 2.19. The van der Waals surface area contributed by atoms with Crippen molar-refractivity contribution in [3.8, 4) is 0 Å². The number of fused-ring (bicyclic) bond motifs is 1. The van der Waals surface area contributed by atoms with Crippen LogP contribution < -0.4 is 10.2 Å². The van der Waals surface area contributed by atoms with E-state index in [4.69, 9.17) is 4.99 Å². The highest BCUT2D eigenvalue weighted by molar-refractivity contribution is 14.0. The normalized spacial score (nSPS) is 14.6. The second-order valence-electron chi connectivity index (χ2n) is 6.83. The lowest BCUT2D eigenvalue weighted by Crippen LogP contribution is -2.52. The van der Waals surface area contributed by atoms with Crippen LogP contribution in [-0.2, 0) is 6.54 Å². The molecule has 3 aromatic rings. The van der Waals surface area contributed by atoms with Crippen molar-refractivity contribution in [2.24, 2.45) is 4.99 Å². The van der Waals surface area contributed by atoms with Crippen LogP contribution in [0.5, 0.6) is 0 Å². The molecule has 1 saturated heterocycles. The summed E-state index contributed by atoms with van der Waals surface area (Å²) in [7, 11) is 0. The number of rotatable bonds is 4. The first-order chi connectivity index (χ1) is 13.8. The standard InChI is InChI=1S/C22H26N6.HI/c1-2-23-21(26-17-19-9-5-8-18-7-3-4-10-20(18)19)27-13-15-28(16-14-27)22-24-11-6-12-25-22;/h3-12H,2,13-17H2,1H3,(H,23,26);1H. The molecule has 7 heteroatoms. The zero-order chi connectivity index (χ0) is 19.2. The van der Waals surface area contributed by atoms with E-state index in [-0.39, 0.29) is 24.0 Å². The van der Waals surface area contributed by atoms with Gasteiger partial charge >= 0.3 is 0 Å². The number of guanidine groups is 1. The first-order valence-electron chi connectivity index (χ1n) is 9.87. The Labute approximate surface area is 189 Å². The molecule has 2 heterocycles. The van der Waals surface area contributed by atoms with Crippen molar-refractivity contribution in [1.29, 1.82) is 0 Å². The third kappa shape index (κ3) is 5.14. The van der Waals surface area contributed by atoms with Crippen molar-refractivity contribution in [3.05, 3.63) is 66.5 Å². The number of anilines is 1. The van der Waals surface area contributed by atoms with Crippen molar-refractivity contribution in [1.82, 2.24) is 20.2 Å². The molecule has 0 atom stereocenters. The van der Waals surface area contributed by atoms with E-state index in [0.29, 0.717) is 6.54 Å². The summed E-state index contributed by atoms with van der Waals surface area (Å²) in [6, 6.07) is 16.8. The lowest BCUT2D eigenvalue weighted by Gasteiger charge is -2.36. The largest absolute Gasteiger partial charge is 0.357 e. The molecule has 1 N–H and O–H groups in total. The fraction of sp³-hybridized carbons (Fsp3) is 0.318. The fourth-order valence-electron chi connectivity index (χ4n) is 3.59. The van der Waals surface area contributed by atoms with Crippen molar-refractivity contribution >= 4 is 46.7 Å². The number of aromatic nitrogens is 2. The van der Waals surface area contributed by atoms with E-state index in [2.05, 4.69) is 74.5 Å². The van der Waals surface area contributed by atoms with Crippen molar-refractivity contribution in [2.75, 3.05) is 37.6 Å². The summed E-state index contributed by atoms with van der Waals surface area (Å²) in [6.07, 6.45) is 3.59. The van der Waals surface area contributed by atoms with E-state index in [0.717, 1.165) is 44.6 Å². The molecule has 0 spiro atoms. The summed E-state index contributed by atoms with van der Waals surface area (Å²) in [5, 5.41) is 5.99. The van der Waals surface area contributed by atoms with E-state index in [1.165, 1.54) is 16.3 Å². The van der Waals surface area contributed by atoms with E-state index in [9.17, 15) is 0 Å². The molecule has 0 radical (unpaired) electrons. The molecule has 0 saturated carbocycles. The van der Waals surface area contributed by atoms with E-state index in [1.807, 2.05) is 6.07 Å². The molecule has 0 bridgehead atoms. The summed E-state index contributed by atoms with van der Waals surface area (Å²) in [4.78, 5) is 18.2. The molecular formula is C22H27IN6. The van der Waals surface area contributed by atoms with Crippen LogP contribution in [0.4, 0.5) is 5.95 Å². The van der Waals surface area contributed by atoms with Gasteiger partial charge in [-0.3, -0.25) is 0 Å². The van der Waals surface area contributed by atoms with E-state index < -0.39 is 0 Å². The van der Waals surface area contributed by atoms with Crippen LogP contribution >= 0.6 is 24.0 Å². The van der Waals surface area contributed by atoms with Gasteiger partial charge in [-0.25, -0.2) is 15.0 Å². The second-order valence-corrected chi connectivity index (χ2v) is 6.83. The van der Waals surface area contributed by atoms with Crippen molar-refractivity contribution in [3.63, 3.8) is 0 Å². The summed E-state index contributed by atoms with van der Waals surface area (Å²) in [5.74, 6) is 1.78. The van der Waals surface area contributed by atoms with Gasteiger partial charge in [0, 0.05) is 45.1 Å². The molecule has 1 fully saturated rings. The van der Waals surface area contributed by atoms with Crippen molar-refractivity contribution in [2.45, 2.75) is 13.5 Å². The average molecular weight is 502 g/mol. The maximum absolute atomic E-state index is 4.94. The third-order valence-corrected chi connectivity index (χ3v) is 5.03. The third-order valence-electron chi connectivity index (χ3n) is 5.03. The maximum Gasteiger partial charge on any atom is 0.225 e. The zero-order valence-corrected chi connectivity index (χ0v) is 19.0. The molecule has 29 heavy (non-hydrogen) atoms. The Bertz CT molecular complexity index is 933. The minimum absolute atomic E-state index is 0. The number of benzene rings is 2. The first-order valence-corrected chi connectivity index (χ1v) is 9.87. The van der Waals surface area contributed by atoms with Crippen LogP contribution in [0.3, 0.4) is 0 Å². The van der Waals surface area contributed by atoms with Gasteiger partial charge in [-0.1, -0.05) is 42.5 Å². The number of nitrogens with one attached hydrogen (secondary N) is 1. The number of hydrogen-bond acceptors (Lipinski definition) is 4. The molecule has 4 rings (SSSR count). The first kappa shape index (κ1) is 21.3. The Morgan fingerprint density at radius 3 is 2.45 bits per heavy atom. The van der Waals surface area contributed by atoms with Crippen LogP contribution in [0.15, 0.2) is 65.9 Å². The second kappa shape index (κ2) is 10.4. The molecule has 2 aromatic carbocycles. The van der Waals surface area contributed by atoms with Gasteiger partial charge in [-0.05, 0) is 29.3 Å². The van der Waals surface area contributed by atoms with Crippen LogP contribution in [0.1, 0.15) is 12.5 Å². The fourth-order valence-corrected chi connectivity index (χ4v) is 3.59. The molecule has 1 aliphatic heterocycles. The predicted octanol–water partition coefficient (Wildman–Crippen LogP) is 3.54. The van der Waals surface area contributed by atoms with Crippen LogP contribution in [0.2, 0.25) is 0 Å². The van der Waals surface area contributed by atoms with Gasteiger partial charge in [0.2, 0.25) is 5.95 Å². The van der Waals surface area contributed by atoms with Gasteiger partial charge in [-0.2, -0.15) is 0 Å². The molecule has 0 aliphatic carbocycles. The van der Waals surface area contributed by atoms with Crippen LogP contribution in [0.25, 0.3) is 10.8 Å². The highest BCUT2D eigenvalue weighted by Gasteiger charge is 2.21. The number of halogens is 1. The lowest BCUT2D eigenvalue weighted by atomic mass is 10.1. The number of nitrogens with zero attached hydrogens (tertiary/aromatic N) is 5. The number of aliphatic imine (C=N–C) groups is 1. The molecule has 152 valence electrons. The Morgan fingerprint density at radius 1 is 0.966 bits per heavy atom. The monoisotopic (exact) mass is 502 g/mol. The summed E-state index contributed by atoms with van der Waals surface area (Å²) >= 11 is 0. The predicted molar refractivity (Wildman–Crippen MR) is 130 cm³/mol. The van der Waals surface area contributed by atoms with Gasteiger partial charge < -0.3 is 15.1 Å². The number of piperazine rings is 1. The molecule has 1 aromatic heterocycles. The Morgan fingerprint density at radius 2 is 1.69 bits per heavy atom. The van der Waals surface area contributed by atoms with Crippen molar-refractivity contribution < 1.29 is 0 Å². The van der Waals surface area contributed by atoms with Crippen LogP contribution in [0, 0.1) is 0 Å². The molecular weight excluding hydrogens is 475 g/mol. The van der Waals surface area contributed by atoms with Gasteiger partial charge in [0.1, 0.15) is 0 Å². The molecule has 0 amide bonds. The SMILES string of the molecule is CCNC(=NCc1cccc2ccccc12)N1CCN(c2ncccn2)CC1.I. The Balaban J connectivity index is 0.00000240. The highest BCUT2D eigenvalue weighted by atomic mass is 127. The van der Waals surface area contributed by atoms with E-state index >= 15 is 0 Å². The van der Waals surface area contributed by atoms with Crippen LogP contribution in [-0.4, -0.2) is 53.6 Å². The molecule has 1 aliphatic rings. The molecule has 6 nitrogen and oxygen atoms in total. The zero-order valence-electron chi connectivity index (χ0n) is 16.7. The summed E-state index contributed by atoms with van der Waals surface area (Å²) in [6.45, 7) is 7.23. The number of hydrogen-bond donors (Lipinski definition) is 1. The summed E-state index contributed by atoms with van der Waals surface area (Å²) < 4.78 is 0. The van der Waals surface area contributed by atoms with Gasteiger partial charge in [0.25, 0.3) is 0 Å². The Hall–Kier alpha value is -2.42. The van der Waals surface area contributed by atoms with E-state index in [1.54, 1.807) is 12.4 Å². The minimum atomic E-state index is 0. The minimum Gasteiger partial charge on any atom is -0.357 e. The van der Waals surface area contributed by atoms with Gasteiger partial charge in [-0.15, -0.1) is 24.0 Å². The Kier molecular flexibility index (Phi) is 7.62. The maximum atomic E-state index is 4.94. The molecule has 0 unspecified atom stereocenters. The summed E-state index contributed by atoms with van der Waals surface area (Å²) in [5.41, 5.74) is 1.25. The van der Waals surface area contributed by atoms with Gasteiger partial charge in [0.05, 0.1) is 6.54 Å².